The summed E-state index contributed by atoms with van der Waals surface area (Å²) >= 11 is 0. The van der Waals surface area contributed by atoms with Gasteiger partial charge in [-0.25, -0.2) is 0 Å². The molecule has 0 amide bonds. The van der Waals surface area contributed by atoms with Crippen molar-refractivity contribution in [2.45, 2.75) is 32.7 Å². The Morgan fingerprint density at radius 2 is 1.89 bits per heavy atom. The molecule has 0 aliphatic heterocycles. The molecule has 154 valence electrons. The van der Waals surface area contributed by atoms with Crippen LogP contribution in [0.2, 0.25) is 0 Å². The lowest BCUT2D eigenvalue weighted by atomic mass is 10.1. The van der Waals surface area contributed by atoms with E-state index in [1.54, 1.807) is 23.8 Å². The van der Waals surface area contributed by atoms with Gasteiger partial charge in [-0.2, -0.15) is 0 Å². The summed E-state index contributed by atoms with van der Waals surface area (Å²) in [5, 5.41) is 6.64. The predicted octanol–water partition coefficient (Wildman–Crippen LogP) is 3.05. The monoisotopic (exact) mass is 498 g/mol. The van der Waals surface area contributed by atoms with E-state index >= 15 is 0 Å². The zero-order valence-electron chi connectivity index (χ0n) is 16.7. The molecule has 0 bridgehead atoms. The smallest absolute Gasteiger partial charge is 0.250 e. The molecule has 28 heavy (non-hydrogen) atoms. The fourth-order valence-electron chi connectivity index (χ4n) is 2.69. The number of ether oxygens (including phenoxy) is 1. The quantitative estimate of drug-likeness (QED) is 0.229. The summed E-state index contributed by atoms with van der Waals surface area (Å²) in [6, 6.07) is 13.4. The summed E-state index contributed by atoms with van der Waals surface area (Å²) in [5.74, 6) is 1.71. The van der Waals surface area contributed by atoms with E-state index < -0.39 is 0 Å². The van der Waals surface area contributed by atoms with Gasteiger partial charge in [0.05, 0.1) is 7.11 Å². The molecule has 2 rings (SSSR count). The van der Waals surface area contributed by atoms with E-state index in [1.165, 1.54) is 5.56 Å². The maximum Gasteiger partial charge on any atom is 0.250 e. The third-order valence-corrected chi connectivity index (χ3v) is 4.19. The number of unbranched alkanes of at least 4 members (excludes halogenated alkanes) is 1. The summed E-state index contributed by atoms with van der Waals surface area (Å²) in [4.78, 5) is 16.3. The molecule has 0 fully saturated rings. The van der Waals surface area contributed by atoms with Crippen molar-refractivity contribution in [2.75, 3.05) is 26.7 Å². The van der Waals surface area contributed by atoms with E-state index in [-0.39, 0.29) is 29.5 Å². The highest BCUT2D eigenvalue weighted by molar-refractivity contribution is 14.0. The summed E-state index contributed by atoms with van der Waals surface area (Å²) in [7, 11) is 1.67. The molecule has 7 heteroatoms. The van der Waals surface area contributed by atoms with E-state index in [1.807, 2.05) is 24.4 Å². The van der Waals surface area contributed by atoms with Gasteiger partial charge in [0.1, 0.15) is 5.75 Å². The summed E-state index contributed by atoms with van der Waals surface area (Å²) in [6.07, 6.45) is 4.62. The minimum absolute atomic E-state index is 0. The number of aromatic nitrogens is 1. The van der Waals surface area contributed by atoms with Crippen molar-refractivity contribution in [3.05, 3.63) is 64.6 Å². The Bertz CT molecular complexity index is 760. The van der Waals surface area contributed by atoms with Crippen LogP contribution < -0.4 is 20.9 Å². The Morgan fingerprint density at radius 3 is 2.57 bits per heavy atom. The third-order valence-electron chi connectivity index (χ3n) is 4.19. The average Bonchev–Trinajstić information content (AvgIpc) is 2.69. The van der Waals surface area contributed by atoms with Crippen LogP contribution in [-0.2, 0) is 13.0 Å². The average molecular weight is 498 g/mol. The Labute approximate surface area is 184 Å². The Kier molecular flexibility index (Phi) is 12.0. The van der Waals surface area contributed by atoms with Crippen molar-refractivity contribution >= 4 is 29.9 Å². The normalized spacial score (nSPS) is 10.9. The number of methoxy groups -OCH3 is 1. The van der Waals surface area contributed by atoms with Crippen molar-refractivity contribution < 1.29 is 4.74 Å². The van der Waals surface area contributed by atoms with E-state index in [0.29, 0.717) is 0 Å². The maximum atomic E-state index is 11.7. The first-order chi connectivity index (χ1) is 13.2. The first-order valence-electron chi connectivity index (χ1n) is 9.53. The Hall–Kier alpha value is -2.03. The molecule has 0 aliphatic rings. The number of hydrogen-bond donors (Lipinski definition) is 2. The van der Waals surface area contributed by atoms with Crippen LogP contribution in [-0.4, -0.2) is 37.3 Å². The number of nitrogens with zero attached hydrogens (tertiary/aromatic N) is 2. The van der Waals surface area contributed by atoms with E-state index in [0.717, 1.165) is 57.2 Å². The van der Waals surface area contributed by atoms with Gasteiger partial charge in [0.15, 0.2) is 5.96 Å². The second kappa shape index (κ2) is 14.0. The van der Waals surface area contributed by atoms with Gasteiger partial charge in [-0.1, -0.05) is 18.2 Å². The van der Waals surface area contributed by atoms with Crippen molar-refractivity contribution in [3.8, 4) is 5.75 Å². The van der Waals surface area contributed by atoms with Gasteiger partial charge < -0.3 is 19.9 Å². The maximum absolute atomic E-state index is 11.7. The minimum Gasteiger partial charge on any atom is -0.497 e. The number of pyridine rings is 1. The fraction of sp³-hybridized carbons (Fsp3) is 0.429. The second-order valence-corrected chi connectivity index (χ2v) is 6.22. The van der Waals surface area contributed by atoms with Crippen molar-refractivity contribution in [2.24, 2.45) is 4.99 Å². The van der Waals surface area contributed by atoms with Gasteiger partial charge in [0.25, 0.3) is 0 Å². The highest BCUT2D eigenvalue weighted by Gasteiger charge is 1.99. The Morgan fingerprint density at radius 1 is 1.11 bits per heavy atom. The standard InChI is InChI=1S/C21H30N4O2.HI/c1-3-22-21(24-15-13-18-9-11-19(27-2)12-10-18)23-14-5-7-17-25-16-6-4-8-20(25)26;/h4,6,8-12,16H,3,5,7,13-15,17H2,1-2H3,(H2,22,23,24);1H. The van der Waals surface area contributed by atoms with Crippen LogP contribution in [0.15, 0.2) is 58.4 Å². The second-order valence-electron chi connectivity index (χ2n) is 6.22. The number of aliphatic imine (C=N–C) groups is 1. The van der Waals surface area contributed by atoms with Gasteiger partial charge in [-0.3, -0.25) is 9.79 Å². The molecule has 0 saturated heterocycles. The molecule has 1 aromatic heterocycles. The lowest BCUT2D eigenvalue weighted by Gasteiger charge is -2.11. The lowest BCUT2D eigenvalue weighted by molar-refractivity contribution is 0.414. The number of nitrogens with one attached hydrogen (secondary N) is 2. The molecule has 1 aromatic carbocycles. The number of hydrogen-bond acceptors (Lipinski definition) is 3. The van der Waals surface area contributed by atoms with Gasteiger partial charge in [0, 0.05) is 38.4 Å². The van der Waals surface area contributed by atoms with Crippen LogP contribution in [0.1, 0.15) is 25.3 Å². The molecule has 0 radical (unpaired) electrons. The highest BCUT2D eigenvalue weighted by atomic mass is 127. The van der Waals surface area contributed by atoms with E-state index in [4.69, 9.17) is 4.74 Å². The van der Waals surface area contributed by atoms with Crippen LogP contribution in [0, 0.1) is 0 Å². The molecule has 2 aromatic rings. The molecule has 2 N–H and O–H groups in total. The Balaban J connectivity index is 0.00000392. The van der Waals surface area contributed by atoms with Crippen molar-refractivity contribution in [1.29, 1.82) is 0 Å². The molecule has 0 saturated carbocycles. The topological polar surface area (TPSA) is 67.7 Å². The van der Waals surface area contributed by atoms with Crippen molar-refractivity contribution in [1.82, 2.24) is 15.2 Å². The number of aryl methyl sites for hydroxylation is 1. The van der Waals surface area contributed by atoms with Crippen LogP contribution in [0.5, 0.6) is 5.75 Å². The molecule has 0 spiro atoms. The molecular weight excluding hydrogens is 467 g/mol. The van der Waals surface area contributed by atoms with Crippen LogP contribution in [0.25, 0.3) is 0 Å². The van der Waals surface area contributed by atoms with E-state index in [2.05, 4.69) is 34.7 Å². The number of benzene rings is 1. The summed E-state index contributed by atoms with van der Waals surface area (Å²) < 4.78 is 6.92. The molecular formula is C21H31IN4O2. The van der Waals surface area contributed by atoms with Crippen molar-refractivity contribution in [3.63, 3.8) is 0 Å². The third kappa shape index (κ3) is 8.77. The molecule has 0 unspecified atom stereocenters. The fourth-order valence-corrected chi connectivity index (χ4v) is 2.69. The predicted molar refractivity (Wildman–Crippen MR) is 126 cm³/mol. The van der Waals surface area contributed by atoms with Gasteiger partial charge in [-0.05, 0) is 49.9 Å². The molecule has 0 atom stereocenters. The minimum atomic E-state index is 0. The van der Waals surface area contributed by atoms with Gasteiger partial charge in [-0.15, -0.1) is 24.0 Å². The zero-order chi connectivity index (χ0) is 19.3. The first-order valence-corrected chi connectivity index (χ1v) is 9.53. The van der Waals surface area contributed by atoms with Gasteiger partial charge >= 0.3 is 0 Å². The van der Waals surface area contributed by atoms with E-state index in [9.17, 15) is 4.79 Å². The molecule has 6 nitrogen and oxygen atoms in total. The zero-order valence-corrected chi connectivity index (χ0v) is 19.0. The van der Waals surface area contributed by atoms with Gasteiger partial charge in [0.2, 0.25) is 5.56 Å². The summed E-state index contributed by atoms with van der Waals surface area (Å²) in [6.45, 7) is 5.17. The molecule has 1 heterocycles. The lowest BCUT2D eigenvalue weighted by Crippen LogP contribution is -2.38. The molecule has 0 aliphatic carbocycles. The first kappa shape index (κ1) is 24.0. The largest absolute Gasteiger partial charge is 0.497 e. The van der Waals surface area contributed by atoms with Crippen LogP contribution in [0.3, 0.4) is 0 Å². The highest BCUT2D eigenvalue weighted by Crippen LogP contribution is 2.11. The summed E-state index contributed by atoms with van der Waals surface area (Å²) in [5.41, 5.74) is 1.31. The van der Waals surface area contributed by atoms with Crippen LogP contribution >= 0.6 is 24.0 Å². The SMILES string of the molecule is CCNC(=NCCCCn1ccccc1=O)NCCc1ccc(OC)cc1.I. The number of guanidine groups is 1. The van der Waals surface area contributed by atoms with Crippen LogP contribution in [0.4, 0.5) is 0 Å². The number of halogens is 1. The number of rotatable bonds is 10.